The topological polar surface area (TPSA) is 84.4 Å². The van der Waals surface area contributed by atoms with Gasteiger partial charge in [-0.05, 0) is 24.6 Å². The van der Waals surface area contributed by atoms with E-state index in [0.29, 0.717) is 11.4 Å². The van der Waals surface area contributed by atoms with Crippen LogP contribution in [0.5, 0.6) is 11.5 Å². The minimum atomic E-state index is -1.05. The van der Waals surface area contributed by atoms with E-state index in [9.17, 15) is 4.79 Å². The van der Waals surface area contributed by atoms with E-state index >= 15 is 0 Å². The third-order valence-corrected chi connectivity index (χ3v) is 3.08. The van der Waals surface area contributed by atoms with Gasteiger partial charge in [0.05, 0.1) is 19.9 Å². The molecule has 20 heavy (non-hydrogen) atoms. The van der Waals surface area contributed by atoms with Crippen LogP contribution in [0.2, 0.25) is 0 Å². The average molecular weight is 276 g/mol. The first-order valence-electron chi connectivity index (χ1n) is 6.15. The molecule has 1 heterocycles. The van der Waals surface area contributed by atoms with Crippen molar-refractivity contribution in [3.8, 4) is 22.8 Å². The summed E-state index contributed by atoms with van der Waals surface area (Å²) in [5, 5.41) is 15.4. The van der Waals surface area contributed by atoms with Gasteiger partial charge in [0.2, 0.25) is 0 Å². The summed E-state index contributed by atoms with van der Waals surface area (Å²) in [6.45, 7) is 2.00. The molecule has 0 saturated carbocycles. The van der Waals surface area contributed by atoms with Crippen LogP contribution >= 0.6 is 0 Å². The molecule has 0 fully saturated rings. The predicted octanol–water partition coefficient (Wildman–Crippen LogP) is 2.35. The Morgan fingerprint density at radius 3 is 2.60 bits per heavy atom. The van der Waals surface area contributed by atoms with Gasteiger partial charge >= 0.3 is 5.97 Å². The van der Waals surface area contributed by atoms with Crippen molar-refractivity contribution in [2.75, 3.05) is 14.2 Å². The lowest BCUT2D eigenvalue weighted by atomic mass is 10.0. The van der Waals surface area contributed by atoms with Crippen LogP contribution < -0.4 is 9.47 Å². The molecule has 1 aromatic heterocycles. The van der Waals surface area contributed by atoms with E-state index in [0.717, 1.165) is 23.3 Å². The molecule has 106 valence electrons. The number of hydrogen-bond donors (Lipinski definition) is 2. The Bertz CT molecular complexity index is 634. The van der Waals surface area contributed by atoms with Crippen LogP contribution in [0.3, 0.4) is 0 Å². The number of ether oxygens (including phenoxy) is 2. The van der Waals surface area contributed by atoms with Crippen molar-refractivity contribution in [2.24, 2.45) is 0 Å². The number of nitrogens with zero attached hydrogens (tertiary/aromatic N) is 1. The normalized spacial score (nSPS) is 10.3. The summed E-state index contributed by atoms with van der Waals surface area (Å²) in [7, 11) is 3.17. The minimum Gasteiger partial charge on any atom is -0.496 e. The number of aromatic amines is 1. The fourth-order valence-corrected chi connectivity index (χ4v) is 2.14. The zero-order valence-electron chi connectivity index (χ0n) is 11.6. The molecule has 6 nitrogen and oxygen atoms in total. The van der Waals surface area contributed by atoms with Gasteiger partial charge in [-0.3, -0.25) is 5.10 Å². The zero-order valence-corrected chi connectivity index (χ0v) is 11.6. The van der Waals surface area contributed by atoms with Gasteiger partial charge in [0, 0.05) is 11.1 Å². The highest BCUT2D eigenvalue weighted by atomic mass is 16.5. The standard InChI is InChI=1S/C14H16N2O4/c1-4-8-12(19-2)6-5-9(13(8)20-3)10-7-11(14(17)18)16-15-10/h5-7H,4H2,1-3H3,(H,15,16)(H,17,18). The molecule has 0 aliphatic heterocycles. The van der Waals surface area contributed by atoms with E-state index < -0.39 is 5.97 Å². The molecule has 0 atom stereocenters. The fourth-order valence-electron chi connectivity index (χ4n) is 2.14. The Labute approximate surface area is 116 Å². The molecule has 6 heteroatoms. The van der Waals surface area contributed by atoms with Crippen molar-refractivity contribution in [2.45, 2.75) is 13.3 Å². The molecular weight excluding hydrogens is 260 g/mol. The number of carboxylic acids is 1. The second-order valence-electron chi connectivity index (χ2n) is 4.15. The number of aromatic nitrogens is 2. The van der Waals surface area contributed by atoms with Crippen LogP contribution in [0.25, 0.3) is 11.3 Å². The SMILES string of the molecule is CCc1c(OC)ccc(-c2cc(C(=O)O)[nH]n2)c1OC. The van der Waals surface area contributed by atoms with E-state index in [2.05, 4.69) is 10.2 Å². The highest BCUT2D eigenvalue weighted by Gasteiger charge is 2.18. The molecule has 1 aromatic carbocycles. The van der Waals surface area contributed by atoms with E-state index in [1.807, 2.05) is 13.0 Å². The number of carbonyl (C=O) groups is 1. The van der Waals surface area contributed by atoms with Gasteiger partial charge in [-0.2, -0.15) is 5.10 Å². The summed E-state index contributed by atoms with van der Waals surface area (Å²) >= 11 is 0. The van der Waals surface area contributed by atoms with Gasteiger partial charge in [-0.25, -0.2) is 4.79 Å². The second-order valence-corrected chi connectivity index (χ2v) is 4.15. The molecule has 0 amide bonds. The van der Waals surface area contributed by atoms with Crippen LogP contribution in [0.15, 0.2) is 18.2 Å². The number of aromatic carboxylic acids is 1. The highest BCUT2D eigenvalue weighted by molar-refractivity contribution is 5.87. The van der Waals surface area contributed by atoms with Gasteiger partial charge in [0.15, 0.2) is 0 Å². The Morgan fingerprint density at radius 1 is 1.35 bits per heavy atom. The smallest absolute Gasteiger partial charge is 0.353 e. The summed E-state index contributed by atoms with van der Waals surface area (Å²) in [6.07, 6.45) is 0.733. The maximum absolute atomic E-state index is 10.9. The molecule has 2 N–H and O–H groups in total. The third-order valence-electron chi connectivity index (χ3n) is 3.08. The summed E-state index contributed by atoms with van der Waals surface area (Å²) in [4.78, 5) is 10.9. The Hall–Kier alpha value is -2.50. The molecule has 0 spiro atoms. The maximum Gasteiger partial charge on any atom is 0.353 e. The highest BCUT2D eigenvalue weighted by Crippen LogP contribution is 2.38. The van der Waals surface area contributed by atoms with Crippen molar-refractivity contribution in [1.29, 1.82) is 0 Å². The van der Waals surface area contributed by atoms with Crippen molar-refractivity contribution in [3.05, 3.63) is 29.5 Å². The molecular formula is C14H16N2O4. The fraction of sp³-hybridized carbons (Fsp3) is 0.286. The van der Waals surface area contributed by atoms with Crippen LogP contribution in [0.4, 0.5) is 0 Å². The van der Waals surface area contributed by atoms with Crippen LogP contribution in [0, 0.1) is 0 Å². The second kappa shape index (κ2) is 5.64. The van der Waals surface area contributed by atoms with Crippen LogP contribution in [-0.4, -0.2) is 35.5 Å². The Kier molecular flexibility index (Phi) is 3.93. The van der Waals surface area contributed by atoms with E-state index in [-0.39, 0.29) is 5.69 Å². The molecule has 0 saturated heterocycles. The first kappa shape index (κ1) is 13.9. The largest absolute Gasteiger partial charge is 0.496 e. The lowest BCUT2D eigenvalue weighted by Crippen LogP contribution is -1.98. The lowest BCUT2D eigenvalue weighted by molar-refractivity contribution is 0.0690. The molecule has 2 aromatic rings. The number of methoxy groups -OCH3 is 2. The molecule has 0 bridgehead atoms. The first-order chi connectivity index (χ1) is 9.62. The summed E-state index contributed by atoms with van der Waals surface area (Å²) in [5.74, 6) is 0.337. The molecule has 0 unspecified atom stereocenters. The number of nitrogens with one attached hydrogen (secondary N) is 1. The minimum absolute atomic E-state index is 0.0379. The van der Waals surface area contributed by atoms with E-state index in [1.54, 1.807) is 20.3 Å². The number of carboxylic acid groups (broad SMARTS) is 1. The number of hydrogen-bond acceptors (Lipinski definition) is 4. The first-order valence-corrected chi connectivity index (χ1v) is 6.15. The summed E-state index contributed by atoms with van der Waals surface area (Å²) < 4.78 is 10.8. The van der Waals surface area contributed by atoms with Gasteiger partial charge in [0.1, 0.15) is 17.2 Å². The van der Waals surface area contributed by atoms with Crippen molar-refractivity contribution >= 4 is 5.97 Å². The van der Waals surface area contributed by atoms with E-state index in [4.69, 9.17) is 14.6 Å². The van der Waals surface area contributed by atoms with Gasteiger partial charge in [-0.15, -0.1) is 0 Å². The summed E-state index contributed by atoms with van der Waals surface area (Å²) in [5.41, 5.74) is 2.22. The molecule has 0 aliphatic carbocycles. The van der Waals surface area contributed by atoms with Crippen molar-refractivity contribution in [1.82, 2.24) is 10.2 Å². The third kappa shape index (κ3) is 2.32. The van der Waals surface area contributed by atoms with Crippen molar-refractivity contribution < 1.29 is 19.4 Å². The van der Waals surface area contributed by atoms with Gasteiger partial charge in [-0.1, -0.05) is 6.92 Å². The van der Waals surface area contributed by atoms with Gasteiger partial charge < -0.3 is 14.6 Å². The van der Waals surface area contributed by atoms with Crippen molar-refractivity contribution in [3.63, 3.8) is 0 Å². The maximum atomic E-state index is 10.9. The van der Waals surface area contributed by atoms with Crippen LogP contribution in [-0.2, 0) is 6.42 Å². The molecule has 0 radical (unpaired) electrons. The quantitative estimate of drug-likeness (QED) is 0.875. The van der Waals surface area contributed by atoms with Gasteiger partial charge in [0.25, 0.3) is 0 Å². The molecule has 0 aliphatic rings. The van der Waals surface area contributed by atoms with Crippen LogP contribution in [0.1, 0.15) is 23.0 Å². The predicted molar refractivity (Wildman–Crippen MR) is 73.5 cm³/mol. The summed E-state index contributed by atoms with van der Waals surface area (Å²) in [6, 6.07) is 5.11. The number of H-pyrrole nitrogens is 1. The Morgan fingerprint density at radius 2 is 2.10 bits per heavy atom. The zero-order chi connectivity index (χ0) is 14.7. The Balaban J connectivity index is 2.58. The monoisotopic (exact) mass is 276 g/mol. The molecule has 2 rings (SSSR count). The van der Waals surface area contributed by atoms with E-state index in [1.165, 1.54) is 6.07 Å². The lowest BCUT2D eigenvalue weighted by Gasteiger charge is -2.14. The average Bonchev–Trinajstić information content (AvgIpc) is 2.95. The number of benzene rings is 1. The number of rotatable bonds is 5.